The predicted octanol–water partition coefficient (Wildman–Crippen LogP) is 31.7. The molecule has 4 aromatic heterocycles. The molecule has 596 valence electrons. The van der Waals surface area contributed by atoms with E-state index in [4.69, 9.17) is 19.9 Å². The third kappa shape index (κ3) is 17.8. The molecule has 0 aliphatic heterocycles. The lowest BCUT2D eigenvalue weighted by Crippen LogP contribution is -1.96. The minimum atomic E-state index is 0.692. The summed E-state index contributed by atoms with van der Waals surface area (Å²) in [5.74, 6) is 1.38. The van der Waals surface area contributed by atoms with Crippen molar-refractivity contribution in [3.05, 3.63) is 497 Å². The number of fused-ring (bicyclic) bond motifs is 4. The van der Waals surface area contributed by atoms with Crippen molar-refractivity contribution in [1.29, 1.82) is 0 Å². The molecule has 0 saturated carbocycles. The van der Waals surface area contributed by atoms with Gasteiger partial charge in [-0.05, 0) is 175 Å². The van der Waals surface area contributed by atoms with Gasteiger partial charge in [-0.3, -0.25) is 9.97 Å². The number of aromatic nitrogens is 6. The molecule has 0 bridgehead atoms. The van der Waals surface area contributed by atoms with E-state index in [0.717, 1.165) is 83.7 Å². The molecular formula is C120H86N6. The zero-order chi connectivity index (χ0) is 84.8. The summed E-state index contributed by atoms with van der Waals surface area (Å²) in [4.78, 5) is 28.9. The third-order valence-corrected chi connectivity index (χ3v) is 23.2. The Morgan fingerprint density at radius 2 is 0.429 bits per heavy atom. The summed E-state index contributed by atoms with van der Waals surface area (Å²) >= 11 is 0. The van der Waals surface area contributed by atoms with Gasteiger partial charge in [0.05, 0.1) is 11.4 Å². The fraction of sp³-hybridized carbons (Fsp3) is 0.0167. The van der Waals surface area contributed by atoms with E-state index in [0.29, 0.717) is 11.6 Å². The second-order valence-corrected chi connectivity index (χ2v) is 31.4. The van der Waals surface area contributed by atoms with Crippen LogP contribution in [0.3, 0.4) is 0 Å². The number of benzene rings is 18. The molecule has 0 aliphatic rings. The van der Waals surface area contributed by atoms with Crippen LogP contribution in [0, 0.1) is 13.8 Å². The van der Waals surface area contributed by atoms with Crippen LogP contribution in [0.25, 0.3) is 200 Å². The normalized spacial score (nSPS) is 10.9. The molecule has 18 aromatic carbocycles. The van der Waals surface area contributed by atoms with Crippen molar-refractivity contribution in [3.63, 3.8) is 0 Å². The topological polar surface area (TPSA) is 77.3 Å². The first-order chi connectivity index (χ1) is 62.3. The smallest absolute Gasteiger partial charge is 0.159 e. The summed E-state index contributed by atoms with van der Waals surface area (Å²) in [6.45, 7) is 4.24. The second kappa shape index (κ2) is 37.2. The van der Waals surface area contributed by atoms with Gasteiger partial charge in [0, 0.05) is 70.6 Å². The largest absolute Gasteiger partial charge is 0.264 e. The van der Waals surface area contributed by atoms with E-state index in [-0.39, 0.29) is 0 Å². The van der Waals surface area contributed by atoms with Crippen molar-refractivity contribution >= 4 is 43.1 Å². The fourth-order valence-electron chi connectivity index (χ4n) is 16.6. The summed E-state index contributed by atoms with van der Waals surface area (Å²) in [7, 11) is 0. The Kier molecular flexibility index (Phi) is 23.4. The zero-order valence-corrected chi connectivity index (χ0v) is 69.9. The summed E-state index contributed by atoms with van der Waals surface area (Å²) in [5, 5.41) is 10.1. The van der Waals surface area contributed by atoms with Gasteiger partial charge in [0.1, 0.15) is 0 Å². The van der Waals surface area contributed by atoms with Crippen LogP contribution in [0.2, 0.25) is 0 Å². The molecule has 22 aromatic rings. The molecule has 0 spiro atoms. The highest BCUT2D eigenvalue weighted by molar-refractivity contribution is 6.01. The zero-order valence-electron chi connectivity index (χ0n) is 69.9. The van der Waals surface area contributed by atoms with Crippen LogP contribution in [0.4, 0.5) is 0 Å². The number of hydrogen-bond donors (Lipinski definition) is 0. The van der Waals surface area contributed by atoms with Crippen LogP contribution in [0.1, 0.15) is 11.1 Å². The quantitative estimate of drug-likeness (QED) is 0.108. The Morgan fingerprint density at radius 3 is 0.802 bits per heavy atom. The molecule has 6 nitrogen and oxygen atoms in total. The van der Waals surface area contributed by atoms with Crippen LogP contribution in [-0.2, 0) is 0 Å². The molecule has 0 fully saturated rings. The lowest BCUT2D eigenvalue weighted by Gasteiger charge is -2.13. The number of hydrogen-bond acceptors (Lipinski definition) is 6. The Balaban J connectivity index is 0.000000124. The maximum Gasteiger partial charge on any atom is 0.159 e. The molecule has 6 heteroatoms. The maximum atomic E-state index is 5.24. The Hall–Kier alpha value is -16.5. The van der Waals surface area contributed by atoms with Gasteiger partial charge in [0.2, 0.25) is 0 Å². The Morgan fingerprint density at radius 1 is 0.159 bits per heavy atom. The molecule has 0 aliphatic carbocycles. The number of aryl methyl sites for hydroxylation is 2. The second-order valence-electron chi connectivity index (χ2n) is 31.4. The molecule has 126 heavy (non-hydrogen) atoms. The average molecular weight is 1610 g/mol. The van der Waals surface area contributed by atoms with E-state index in [2.05, 4.69) is 448 Å². The fourth-order valence-corrected chi connectivity index (χ4v) is 16.6. The highest BCUT2D eigenvalue weighted by Gasteiger charge is 2.19. The van der Waals surface area contributed by atoms with E-state index in [1.165, 1.54) is 115 Å². The lowest BCUT2D eigenvalue weighted by molar-refractivity contribution is 1.18. The standard InChI is InChI=1S/C47H31N3.C43H29N3.C17H14.C13H12/c1-3-13-41-33(8-1)10-5-15-43(41)35-19-21-37(22-20-35)45-31-49-47(50-46(45)38-25-17-32(18-26-38)40-12-7-29-48-30-40)39-27-23-36(24-28-39)44-16-6-11-34-9-2-4-14-42(34)44;1-2-9-30(10-3-1)36-13-6-14-37(27-36)41-29-45-43(46-42(41)34-22-18-31(19-23-34)38-15-8-26-44-28-38)35-24-20-33(21-25-35)40-17-7-12-32-11-4-5-16-39(32)40;1-13-9-11-15(12-10-13)17-8-4-6-14-5-2-3-7-16(14)17;1-11-6-5-9-13(10-11)12-7-3-2-4-8-12/h1-31H;1-29H;2-12H,1H3;2-10H,1H3. The predicted molar refractivity (Wildman–Crippen MR) is 528 cm³/mol. The molecule has 0 N–H and O–H groups in total. The van der Waals surface area contributed by atoms with Crippen LogP contribution >= 0.6 is 0 Å². The van der Waals surface area contributed by atoms with Crippen LogP contribution in [0.15, 0.2) is 486 Å². The van der Waals surface area contributed by atoms with Gasteiger partial charge in [0.15, 0.2) is 11.6 Å². The van der Waals surface area contributed by atoms with Crippen molar-refractivity contribution < 1.29 is 0 Å². The SMILES string of the molecule is Cc1ccc(-c2cccc3ccccc23)cc1.Cc1cccc(-c2ccccc2)c1.c1ccc(-c2cccc(-c3cnc(-c4ccc(-c5cccc6ccccc56)cc4)nc3-c3ccc(-c4cccnc4)cc3)c2)cc1.c1cncc(-c2ccc(-c3nc(-c4ccc(-c5cccc6ccccc56)cc4)ncc3-c3ccc(-c4cccc5ccccc45)cc3)cc2)c1. The Labute approximate surface area is 735 Å². The van der Waals surface area contributed by atoms with Crippen molar-refractivity contribution in [2.24, 2.45) is 0 Å². The Bertz CT molecular complexity index is 7490. The van der Waals surface area contributed by atoms with Crippen molar-refractivity contribution in [2.45, 2.75) is 13.8 Å². The molecule has 4 heterocycles. The molecule has 0 amide bonds. The minimum absolute atomic E-state index is 0.692. The van der Waals surface area contributed by atoms with Gasteiger partial charge < -0.3 is 0 Å². The maximum absolute atomic E-state index is 5.24. The first-order valence-electron chi connectivity index (χ1n) is 42.6. The number of nitrogens with zero attached hydrogens (tertiary/aromatic N) is 6. The van der Waals surface area contributed by atoms with Gasteiger partial charge in [0.25, 0.3) is 0 Å². The first-order valence-corrected chi connectivity index (χ1v) is 42.6. The lowest BCUT2D eigenvalue weighted by atomic mass is 9.94. The van der Waals surface area contributed by atoms with Gasteiger partial charge in [-0.1, -0.05) is 442 Å². The molecule has 0 saturated heterocycles. The summed E-state index contributed by atoms with van der Waals surface area (Å²) in [5.41, 5.74) is 31.6. The highest BCUT2D eigenvalue weighted by Crippen LogP contribution is 2.41. The van der Waals surface area contributed by atoms with Crippen LogP contribution in [-0.4, -0.2) is 29.9 Å². The molecule has 0 atom stereocenters. The van der Waals surface area contributed by atoms with Gasteiger partial charge in [-0.2, -0.15) is 0 Å². The van der Waals surface area contributed by atoms with Gasteiger partial charge in [-0.15, -0.1) is 0 Å². The van der Waals surface area contributed by atoms with E-state index in [1.54, 1.807) is 12.4 Å². The van der Waals surface area contributed by atoms with Crippen LogP contribution < -0.4 is 0 Å². The van der Waals surface area contributed by atoms with E-state index >= 15 is 0 Å². The van der Waals surface area contributed by atoms with Gasteiger partial charge in [-0.25, -0.2) is 19.9 Å². The minimum Gasteiger partial charge on any atom is -0.264 e. The highest BCUT2D eigenvalue weighted by atomic mass is 14.9. The molecule has 22 rings (SSSR count). The number of pyridine rings is 2. The first kappa shape index (κ1) is 79.3. The van der Waals surface area contributed by atoms with Crippen molar-refractivity contribution in [3.8, 4) is 157 Å². The summed E-state index contributed by atoms with van der Waals surface area (Å²) in [6, 6.07) is 158. The van der Waals surface area contributed by atoms with Crippen molar-refractivity contribution in [2.75, 3.05) is 0 Å². The molecule has 0 unspecified atom stereocenters. The van der Waals surface area contributed by atoms with Crippen LogP contribution in [0.5, 0.6) is 0 Å². The van der Waals surface area contributed by atoms with E-state index in [1.807, 2.05) is 49.1 Å². The van der Waals surface area contributed by atoms with Crippen molar-refractivity contribution in [1.82, 2.24) is 29.9 Å². The van der Waals surface area contributed by atoms with Gasteiger partial charge >= 0.3 is 0 Å². The van der Waals surface area contributed by atoms with E-state index in [9.17, 15) is 0 Å². The molecule has 0 radical (unpaired) electrons. The average Bonchev–Trinajstić information content (AvgIpc) is 0.782. The van der Waals surface area contributed by atoms with E-state index < -0.39 is 0 Å². The molecular weight excluding hydrogens is 1530 g/mol. The summed E-state index contributed by atoms with van der Waals surface area (Å²) < 4.78 is 0. The monoisotopic (exact) mass is 1610 g/mol. The third-order valence-electron chi connectivity index (χ3n) is 23.2. The number of rotatable bonds is 14. The summed E-state index contributed by atoms with van der Waals surface area (Å²) in [6.07, 6.45) is 11.3.